The lowest BCUT2D eigenvalue weighted by molar-refractivity contribution is -0.134. The summed E-state index contributed by atoms with van der Waals surface area (Å²) in [5, 5.41) is 9.35. The summed E-state index contributed by atoms with van der Waals surface area (Å²) >= 11 is 1.60. The normalized spacial score (nSPS) is 6.85. The van der Waals surface area contributed by atoms with Crippen molar-refractivity contribution in [1.82, 2.24) is 4.98 Å². The van der Waals surface area contributed by atoms with Gasteiger partial charge in [0.2, 0.25) is 0 Å². The van der Waals surface area contributed by atoms with Crippen molar-refractivity contribution in [2.24, 2.45) is 11.5 Å². The second-order valence-corrected chi connectivity index (χ2v) is 2.35. The van der Waals surface area contributed by atoms with Crippen molar-refractivity contribution in [3.63, 3.8) is 0 Å². The maximum atomic E-state index is 9.00. The highest BCUT2D eigenvalue weighted by Gasteiger charge is 1.65. The zero-order valence-electron chi connectivity index (χ0n) is 7.01. The third-order valence-corrected chi connectivity index (χ3v) is 0.869. The Hall–Kier alpha value is -1.63. The van der Waals surface area contributed by atoms with Gasteiger partial charge in [-0.05, 0) is 0 Å². The minimum absolute atomic E-state index is 0.833. The molecule has 13 heavy (non-hydrogen) atoms. The summed E-state index contributed by atoms with van der Waals surface area (Å²) in [4.78, 5) is 21.7. The van der Waals surface area contributed by atoms with Crippen LogP contribution in [0.2, 0.25) is 0 Å². The van der Waals surface area contributed by atoms with E-state index in [0.717, 1.165) is 6.92 Å². The van der Waals surface area contributed by atoms with Crippen molar-refractivity contribution in [2.75, 3.05) is 0 Å². The molecule has 0 radical (unpaired) electrons. The smallest absolute Gasteiger partial charge is 0.309 e. The standard InChI is InChI=1S/C3H3NS.C2H4O2.CH4N2O/c1-2-5-3-4-1;1-2(3)4;2-1(3)4/h1-3H;1H3,(H,3,4);(H4,2,3,4). The molecule has 0 saturated heterocycles. The predicted octanol–water partition coefficient (Wildman–Crippen LogP) is 0.258. The summed E-state index contributed by atoms with van der Waals surface area (Å²) in [6.07, 6.45) is 1.77. The van der Waals surface area contributed by atoms with E-state index in [1.165, 1.54) is 0 Å². The highest BCUT2D eigenvalue weighted by Crippen LogP contribution is 1.85. The molecule has 5 N–H and O–H groups in total. The van der Waals surface area contributed by atoms with E-state index in [-0.39, 0.29) is 0 Å². The third-order valence-electron chi connectivity index (χ3n) is 0.347. The van der Waals surface area contributed by atoms with Crippen molar-refractivity contribution < 1.29 is 14.7 Å². The Kier molecular flexibility index (Phi) is 11.1. The average molecular weight is 205 g/mol. The molecule has 0 saturated carbocycles. The Bertz CT molecular complexity index is 188. The summed E-state index contributed by atoms with van der Waals surface area (Å²) < 4.78 is 0. The van der Waals surface area contributed by atoms with Gasteiger partial charge in [-0.2, -0.15) is 0 Å². The van der Waals surface area contributed by atoms with Gasteiger partial charge in [-0.1, -0.05) is 0 Å². The number of nitrogens with zero attached hydrogens (tertiary/aromatic N) is 1. The van der Waals surface area contributed by atoms with Crippen molar-refractivity contribution in [1.29, 1.82) is 0 Å². The first kappa shape index (κ1) is 13.9. The molecule has 7 heteroatoms. The molecule has 2 amide bonds. The number of hydrogen-bond donors (Lipinski definition) is 3. The van der Waals surface area contributed by atoms with E-state index in [1.807, 2.05) is 5.38 Å². The van der Waals surface area contributed by atoms with E-state index in [9.17, 15) is 0 Å². The molecule has 1 rings (SSSR count). The molecule has 0 fully saturated rings. The van der Waals surface area contributed by atoms with Crippen LogP contribution in [0, 0.1) is 0 Å². The quantitative estimate of drug-likeness (QED) is 0.562. The Morgan fingerprint density at radius 2 is 1.85 bits per heavy atom. The van der Waals surface area contributed by atoms with Gasteiger partial charge in [0.25, 0.3) is 5.97 Å². The number of aromatic nitrogens is 1. The van der Waals surface area contributed by atoms with E-state index < -0.39 is 12.0 Å². The number of carbonyl (C=O) groups excluding carboxylic acids is 1. The Balaban J connectivity index is 0. The summed E-state index contributed by atoms with van der Waals surface area (Å²) in [5.41, 5.74) is 10.3. The predicted molar refractivity (Wildman–Crippen MR) is 49.2 cm³/mol. The van der Waals surface area contributed by atoms with Crippen LogP contribution in [-0.2, 0) is 4.79 Å². The molecule has 0 bridgehead atoms. The number of carboxylic acids is 1. The van der Waals surface area contributed by atoms with Gasteiger partial charge in [0.15, 0.2) is 0 Å². The van der Waals surface area contributed by atoms with Crippen molar-refractivity contribution in [3.8, 4) is 0 Å². The molecule has 0 aromatic carbocycles. The monoisotopic (exact) mass is 205 g/mol. The van der Waals surface area contributed by atoms with Crippen LogP contribution in [-0.4, -0.2) is 22.1 Å². The van der Waals surface area contributed by atoms with Crippen LogP contribution in [0.3, 0.4) is 0 Å². The molecule has 0 unspecified atom stereocenters. The fourth-order valence-electron chi connectivity index (χ4n) is 0.176. The second kappa shape index (κ2) is 10.4. The van der Waals surface area contributed by atoms with Gasteiger partial charge in [-0.3, -0.25) is 9.78 Å². The Labute approximate surface area is 79.2 Å². The number of carbonyl (C=O) groups is 2. The maximum Gasteiger partial charge on any atom is 0.309 e. The second-order valence-electron chi connectivity index (χ2n) is 1.60. The lowest BCUT2D eigenvalue weighted by Crippen LogP contribution is -2.18. The zero-order valence-corrected chi connectivity index (χ0v) is 7.82. The first-order valence-electron chi connectivity index (χ1n) is 3.03. The fraction of sp³-hybridized carbons (Fsp3) is 0.167. The zero-order chi connectivity index (χ0) is 10.7. The number of primary amides is 2. The molecule has 1 aromatic rings. The number of carboxylic acid groups (broad SMARTS) is 1. The molecular formula is C6H11N3O3S. The van der Waals surface area contributed by atoms with E-state index in [0.29, 0.717) is 0 Å². The van der Waals surface area contributed by atoms with E-state index in [2.05, 4.69) is 16.5 Å². The highest BCUT2D eigenvalue weighted by molar-refractivity contribution is 7.07. The van der Waals surface area contributed by atoms with Gasteiger partial charge in [-0.15, -0.1) is 11.3 Å². The molecule has 1 heterocycles. The number of hydrogen-bond acceptors (Lipinski definition) is 4. The summed E-state index contributed by atoms with van der Waals surface area (Å²) in [6, 6.07) is -0.833. The van der Waals surface area contributed by atoms with Gasteiger partial charge in [0, 0.05) is 18.5 Å². The van der Waals surface area contributed by atoms with Crippen molar-refractivity contribution in [2.45, 2.75) is 6.92 Å². The maximum absolute atomic E-state index is 9.00. The average Bonchev–Trinajstić information content (AvgIpc) is 2.35. The summed E-state index contributed by atoms with van der Waals surface area (Å²) in [7, 11) is 0. The molecule has 74 valence electrons. The first-order valence-corrected chi connectivity index (χ1v) is 3.97. The van der Waals surface area contributed by atoms with E-state index in [1.54, 1.807) is 23.0 Å². The third kappa shape index (κ3) is 64.0. The van der Waals surface area contributed by atoms with Crippen LogP contribution in [0.25, 0.3) is 0 Å². The number of urea groups is 1. The molecule has 0 aliphatic carbocycles. The van der Waals surface area contributed by atoms with Crippen LogP contribution in [0.4, 0.5) is 4.79 Å². The van der Waals surface area contributed by atoms with Gasteiger partial charge < -0.3 is 16.6 Å². The largest absolute Gasteiger partial charge is 0.481 e. The highest BCUT2D eigenvalue weighted by atomic mass is 32.1. The fourth-order valence-corrected chi connectivity index (χ4v) is 0.527. The number of aliphatic carboxylic acids is 1. The van der Waals surface area contributed by atoms with E-state index >= 15 is 0 Å². The molecule has 6 nitrogen and oxygen atoms in total. The van der Waals surface area contributed by atoms with Crippen LogP contribution in [0.15, 0.2) is 17.1 Å². The summed E-state index contributed by atoms with van der Waals surface area (Å²) in [6.45, 7) is 1.08. The first-order chi connectivity index (χ1) is 5.96. The van der Waals surface area contributed by atoms with Crippen molar-refractivity contribution in [3.05, 3.63) is 17.1 Å². The van der Waals surface area contributed by atoms with Crippen molar-refractivity contribution >= 4 is 23.3 Å². The lowest BCUT2D eigenvalue weighted by Gasteiger charge is -1.62. The van der Waals surface area contributed by atoms with Gasteiger partial charge in [0.1, 0.15) is 0 Å². The topological polar surface area (TPSA) is 119 Å². The minimum Gasteiger partial charge on any atom is -0.481 e. The van der Waals surface area contributed by atoms with Gasteiger partial charge >= 0.3 is 6.03 Å². The number of rotatable bonds is 0. The number of nitrogens with two attached hydrogens (primary N) is 2. The molecule has 0 aliphatic rings. The lowest BCUT2D eigenvalue weighted by atomic mass is 10.9. The molecular weight excluding hydrogens is 194 g/mol. The van der Waals surface area contributed by atoms with E-state index in [4.69, 9.17) is 14.7 Å². The van der Waals surface area contributed by atoms with Crippen LogP contribution in [0.1, 0.15) is 6.92 Å². The number of amides is 2. The van der Waals surface area contributed by atoms with Crippen LogP contribution in [0.5, 0.6) is 0 Å². The van der Waals surface area contributed by atoms with Crippen LogP contribution >= 0.6 is 11.3 Å². The number of thiazole rings is 1. The minimum atomic E-state index is -0.833. The Morgan fingerprint density at radius 3 is 1.92 bits per heavy atom. The molecule has 0 aliphatic heterocycles. The SMILES string of the molecule is CC(=O)O.NC(N)=O.c1cscn1. The Morgan fingerprint density at radius 1 is 1.46 bits per heavy atom. The van der Waals surface area contributed by atoms with Crippen LogP contribution < -0.4 is 11.5 Å². The van der Waals surface area contributed by atoms with Gasteiger partial charge in [0.05, 0.1) is 5.51 Å². The molecule has 0 spiro atoms. The van der Waals surface area contributed by atoms with Gasteiger partial charge in [-0.25, -0.2) is 4.79 Å². The molecule has 0 atom stereocenters. The summed E-state index contributed by atoms with van der Waals surface area (Å²) in [5.74, 6) is -0.833. The molecule has 1 aromatic heterocycles.